The SMILES string of the molecule is CSc1nc(N)nc(SCC(=O)Nc2ccc(C(F)(F)F)cn2)c1C#N. The van der Waals surface area contributed by atoms with Gasteiger partial charge in [-0.2, -0.15) is 18.4 Å². The van der Waals surface area contributed by atoms with Crippen molar-refractivity contribution >= 4 is 41.2 Å². The molecule has 2 aromatic heterocycles. The molecule has 7 nitrogen and oxygen atoms in total. The highest BCUT2D eigenvalue weighted by molar-refractivity contribution is 8.00. The first-order chi connectivity index (χ1) is 12.2. The van der Waals surface area contributed by atoms with E-state index in [0.29, 0.717) is 11.2 Å². The molecule has 26 heavy (non-hydrogen) atoms. The minimum absolute atomic E-state index is 0.0175. The zero-order valence-electron chi connectivity index (χ0n) is 13.2. The van der Waals surface area contributed by atoms with Gasteiger partial charge in [0.1, 0.15) is 27.5 Å². The third kappa shape index (κ3) is 4.99. The normalized spacial score (nSPS) is 11.0. The number of rotatable bonds is 5. The molecule has 0 aromatic carbocycles. The highest BCUT2D eigenvalue weighted by Crippen LogP contribution is 2.29. The van der Waals surface area contributed by atoms with Crippen LogP contribution >= 0.6 is 23.5 Å². The van der Waals surface area contributed by atoms with Gasteiger partial charge in [-0.1, -0.05) is 11.8 Å². The number of pyridine rings is 1. The summed E-state index contributed by atoms with van der Waals surface area (Å²) < 4.78 is 37.4. The molecule has 0 spiro atoms. The van der Waals surface area contributed by atoms with E-state index >= 15 is 0 Å². The van der Waals surface area contributed by atoms with Gasteiger partial charge in [0.15, 0.2) is 0 Å². The molecule has 0 saturated carbocycles. The molecular weight excluding hydrogens is 389 g/mol. The molecule has 136 valence electrons. The van der Waals surface area contributed by atoms with Crippen molar-refractivity contribution in [1.82, 2.24) is 15.0 Å². The molecule has 0 saturated heterocycles. The number of nitrogens with zero attached hydrogens (tertiary/aromatic N) is 4. The van der Waals surface area contributed by atoms with Crippen molar-refractivity contribution in [3.63, 3.8) is 0 Å². The number of nitrogens with one attached hydrogen (secondary N) is 1. The van der Waals surface area contributed by atoms with Crippen molar-refractivity contribution in [3.8, 4) is 6.07 Å². The van der Waals surface area contributed by atoms with Crippen LogP contribution in [0.15, 0.2) is 28.4 Å². The van der Waals surface area contributed by atoms with E-state index in [9.17, 15) is 23.2 Å². The van der Waals surface area contributed by atoms with Crippen LogP contribution in [-0.4, -0.2) is 32.9 Å². The second-order valence-corrected chi connectivity index (χ2v) is 6.41. The van der Waals surface area contributed by atoms with Crippen LogP contribution < -0.4 is 11.1 Å². The maximum atomic E-state index is 12.5. The van der Waals surface area contributed by atoms with E-state index in [1.54, 1.807) is 6.26 Å². The number of halogens is 3. The molecule has 0 aliphatic carbocycles. The summed E-state index contributed by atoms with van der Waals surface area (Å²) in [7, 11) is 0. The van der Waals surface area contributed by atoms with Gasteiger partial charge in [0, 0.05) is 6.20 Å². The number of carbonyl (C=O) groups excluding carboxylic acids is 1. The highest BCUT2D eigenvalue weighted by atomic mass is 32.2. The van der Waals surface area contributed by atoms with Crippen LogP contribution in [-0.2, 0) is 11.0 Å². The quantitative estimate of drug-likeness (QED) is 0.581. The summed E-state index contributed by atoms with van der Waals surface area (Å²) in [6, 6.07) is 3.84. The van der Waals surface area contributed by atoms with E-state index < -0.39 is 17.6 Å². The van der Waals surface area contributed by atoms with E-state index in [1.807, 2.05) is 6.07 Å². The molecule has 0 radical (unpaired) electrons. The van der Waals surface area contributed by atoms with Crippen LogP contribution in [0.5, 0.6) is 0 Å². The van der Waals surface area contributed by atoms with Crippen LogP contribution in [0.3, 0.4) is 0 Å². The second kappa shape index (κ2) is 8.24. The van der Waals surface area contributed by atoms with E-state index in [1.165, 1.54) is 11.8 Å². The fourth-order valence-corrected chi connectivity index (χ4v) is 3.11. The number of aromatic nitrogens is 3. The van der Waals surface area contributed by atoms with Gasteiger partial charge in [-0.25, -0.2) is 15.0 Å². The fraction of sp³-hybridized carbons (Fsp3) is 0.214. The topological polar surface area (TPSA) is 118 Å². The van der Waals surface area contributed by atoms with Gasteiger partial charge in [0.25, 0.3) is 0 Å². The number of amides is 1. The molecule has 0 fully saturated rings. The molecule has 0 atom stereocenters. The molecule has 3 N–H and O–H groups in total. The largest absolute Gasteiger partial charge is 0.417 e. The molecule has 2 heterocycles. The predicted octanol–water partition coefficient (Wildman–Crippen LogP) is 2.80. The summed E-state index contributed by atoms with van der Waals surface area (Å²) in [6.45, 7) is 0. The van der Waals surface area contributed by atoms with Crippen molar-refractivity contribution in [2.45, 2.75) is 16.2 Å². The average Bonchev–Trinajstić information content (AvgIpc) is 2.59. The maximum absolute atomic E-state index is 12.5. The smallest absolute Gasteiger partial charge is 0.368 e. The third-order valence-electron chi connectivity index (χ3n) is 2.86. The number of nitrogens with two attached hydrogens (primary N) is 1. The lowest BCUT2D eigenvalue weighted by Crippen LogP contribution is -2.16. The minimum atomic E-state index is -4.50. The molecule has 12 heteroatoms. The molecule has 0 aliphatic heterocycles. The lowest BCUT2D eigenvalue weighted by molar-refractivity contribution is -0.137. The Morgan fingerprint density at radius 3 is 2.58 bits per heavy atom. The number of hydrogen-bond donors (Lipinski definition) is 2. The first-order valence-corrected chi connectivity index (χ1v) is 9.03. The van der Waals surface area contributed by atoms with E-state index in [0.717, 1.165) is 23.9 Å². The fourth-order valence-electron chi connectivity index (χ4n) is 1.73. The molecule has 2 rings (SSSR count). The zero-order valence-corrected chi connectivity index (χ0v) is 14.8. The van der Waals surface area contributed by atoms with Crippen LogP contribution in [0.25, 0.3) is 0 Å². The van der Waals surface area contributed by atoms with Crippen LogP contribution in [0.4, 0.5) is 24.9 Å². The van der Waals surface area contributed by atoms with Crippen molar-refractivity contribution in [1.29, 1.82) is 5.26 Å². The van der Waals surface area contributed by atoms with Crippen LogP contribution in [0, 0.1) is 11.3 Å². The van der Waals surface area contributed by atoms with Gasteiger partial charge in [-0.15, -0.1) is 11.8 Å². The van der Waals surface area contributed by atoms with E-state index in [-0.39, 0.29) is 28.1 Å². The van der Waals surface area contributed by atoms with E-state index in [2.05, 4.69) is 20.3 Å². The molecule has 0 unspecified atom stereocenters. The number of carbonyl (C=O) groups is 1. The summed E-state index contributed by atoms with van der Waals surface area (Å²) in [5, 5.41) is 12.2. The molecular formula is C14H11F3N6OS2. The predicted molar refractivity (Wildman–Crippen MR) is 91.5 cm³/mol. The minimum Gasteiger partial charge on any atom is -0.368 e. The number of nitriles is 1. The standard InChI is InChI=1S/C14H11F3N6OS2/c1-25-11-8(4-18)12(23-13(19)22-11)26-6-10(24)21-9-3-2-7(5-20-9)14(15,16)17/h2-3,5H,6H2,1H3,(H2,19,22,23)(H,20,21,24). The number of nitrogen functional groups attached to an aromatic ring is 1. The highest BCUT2D eigenvalue weighted by Gasteiger charge is 2.30. The number of thioether (sulfide) groups is 2. The number of alkyl halides is 3. The summed E-state index contributed by atoms with van der Waals surface area (Å²) in [5.41, 5.74) is 4.87. The maximum Gasteiger partial charge on any atom is 0.417 e. The Kier molecular flexibility index (Phi) is 6.27. The van der Waals surface area contributed by atoms with Gasteiger partial charge in [0.2, 0.25) is 11.9 Å². The van der Waals surface area contributed by atoms with Gasteiger partial charge in [-0.3, -0.25) is 4.79 Å². The number of hydrogen-bond acceptors (Lipinski definition) is 8. The second-order valence-electron chi connectivity index (χ2n) is 4.65. The Bertz CT molecular complexity index is 851. The van der Waals surface area contributed by atoms with Gasteiger partial charge in [0.05, 0.1) is 11.3 Å². The first kappa shape index (κ1) is 19.8. The lowest BCUT2D eigenvalue weighted by Gasteiger charge is -2.09. The van der Waals surface area contributed by atoms with Crippen molar-refractivity contribution in [2.75, 3.05) is 23.1 Å². The number of anilines is 2. The molecule has 2 aromatic rings. The van der Waals surface area contributed by atoms with Crippen molar-refractivity contribution in [2.24, 2.45) is 0 Å². The van der Waals surface area contributed by atoms with Crippen LogP contribution in [0.1, 0.15) is 11.1 Å². The Hall–Kier alpha value is -2.52. The Balaban J connectivity index is 2.04. The Morgan fingerprint density at radius 1 is 1.35 bits per heavy atom. The van der Waals surface area contributed by atoms with Crippen molar-refractivity contribution in [3.05, 3.63) is 29.5 Å². The lowest BCUT2D eigenvalue weighted by atomic mass is 10.3. The summed E-state index contributed by atoms with van der Waals surface area (Å²) in [6.07, 6.45) is -2.15. The van der Waals surface area contributed by atoms with Gasteiger partial charge >= 0.3 is 6.18 Å². The van der Waals surface area contributed by atoms with E-state index in [4.69, 9.17) is 5.73 Å². The third-order valence-corrected chi connectivity index (χ3v) is 4.52. The average molecular weight is 400 g/mol. The molecule has 1 amide bonds. The Morgan fingerprint density at radius 2 is 2.04 bits per heavy atom. The van der Waals surface area contributed by atoms with Gasteiger partial charge < -0.3 is 11.1 Å². The Labute approximate surface area is 154 Å². The summed E-state index contributed by atoms with van der Waals surface area (Å²) >= 11 is 2.18. The first-order valence-electron chi connectivity index (χ1n) is 6.82. The summed E-state index contributed by atoms with van der Waals surface area (Å²) in [5.74, 6) is -0.701. The zero-order chi connectivity index (χ0) is 19.3. The van der Waals surface area contributed by atoms with Crippen molar-refractivity contribution < 1.29 is 18.0 Å². The monoisotopic (exact) mass is 400 g/mol. The molecule has 0 bridgehead atoms. The summed E-state index contributed by atoms with van der Waals surface area (Å²) in [4.78, 5) is 23.4. The molecule has 0 aliphatic rings. The van der Waals surface area contributed by atoms with Gasteiger partial charge in [-0.05, 0) is 18.4 Å². The van der Waals surface area contributed by atoms with Crippen LogP contribution in [0.2, 0.25) is 0 Å².